The molecule has 3 nitrogen and oxygen atoms in total. The van der Waals surface area contributed by atoms with Gasteiger partial charge in [-0.3, -0.25) is 4.90 Å². The fourth-order valence-corrected chi connectivity index (χ4v) is 3.15. The first-order valence-electron chi connectivity index (χ1n) is 6.27. The summed E-state index contributed by atoms with van der Waals surface area (Å²) in [5.74, 6) is 6.02. The van der Waals surface area contributed by atoms with E-state index in [9.17, 15) is 5.11 Å². The fourth-order valence-electron chi connectivity index (χ4n) is 2.28. The van der Waals surface area contributed by atoms with Crippen molar-refractivity contribution in [3.63, 3.8) is 0 Å². The number of likely N-dealkylation sites (tertiary alicyclic amines) is 1. The number of hydrogen-bond acceptors (Lipinski definition) is 4. The monoisotopic (exact) mass is 265 g/mol. The average Bonchev–Trinajstić information content (AvgIpc) is 2.79. The first-order chi connectivity index (χ1) is 8.70. The number of hydrogen-bond donors (Lipinski definition) is 2. The van der Waals surface area contributed by atoms with Crippen LogP contribution in [0.15, 0.2) is 11.4 Å². The highest BCUT2D eigenvalue weighted by Crippen LogP contribution is 2.22. The maximum Gasteiger partial charge on any atom is 0.104 e. The lowest BCUT2D eigenvalue weighted by molar-refractivity contribution is 0.0324. The Kier molecular flexibility index (Phi) is 4.79. The van der Waals surface area contributed by atoms with Crippen molar-refractivity contribution >= 4 is 11.3 Å². The number of rotatable bonds is 2. The second-order valence-corrected chi connectivity index (χ2v) is 5.79. The molecule has 2 N–H and O–H groups in total. The van der Waals surface area contributed by atoms with Crippen LogP contribution >= 0.6 is 11.3 Å². The first kappa shape index (κ1) is 13.6. The van der Waals surface area contributed by atoms with Crippen LogP contribution in [0.3, 0.4) is 0 Å². The van der Waals surface area contributed by atoms with Crippen LogP contribution < -0.4 is 0 Å². The van der Waals surface area contributed by atoms with Gasteiger partial charge in [0, 0.05) is 30.1 Å². The van der Waals surface area contributed by atoms with Crippen molar-refractivity contribution in [2.24, 2.45) is 5.92 Å². The second-order valence-electron chi connectivity index (χ2n) is 4.79. The zero-order valence-corrected chi connectivity index (χ0v) is 11.4. The van der Waals surface area contributed by atoms with E-state index < -0.39 is 0 Å². The van der Waals surface area contributed by atoms with Crippen molar-refractivity contribution in [3.05, 3.63) is 21.9 Å². The third kappa shape index (κ3) is 3.33. The third-order valence-corrected chi connectivity index (χ3v) is 4.26. The summed E-state index contributed by atoms with van der Waals surface area (Å²) >= 11 is 1.71. The Morgan fingerprint density at radius 3 is 3.11 bits per heavy atom. The van der Waals surface area contributed by atoms with Gasteiger partial charge in [-0.2, -0.15) is 0 Å². The molecule has 1 aromatic heterocycles. The molecule has 0 radical (unpaired) electrons. The van der Waals surface area contributed by atoms with Crippen molar-refractivity contribution in [2.75, 3.05) is 19.7 Å². The van der Waals surface area contributed by atoms with Gasteiger partial charge >= 0.3 is 0 Å². The molecular formula is C14H19NO2S. The van der Waals surface area contributed by atoms with E-state index in [0.717, 1.165) is 31.6 Å². The van der Waals surface area contributed by atoms with Gasteiger partial charge in [0.05, 0.1) is 6.10 Å². The van der Waals surface area contributed by atoms with Gasteiger partial charge in [0.2, 0.25) is 0 Å². The standard InChI is InChI=1S/C14H19NO2S/c1-11-9-15(6-4-13(11)17)10-14-12(3-2-7-16)5-8-18-14/h5,8,11,13,16-17H,4,6-7,9-10H2,1H3. The Morgan fingerprint density at radius 1 is 1.56 bits per heavy atom. The highest BCUT2D eigenvalue weighted by Gasteiger charge is 2.24. The number of piperidine rings is 1. The summed E-state index contributed by atoms with van der Waals surface area (Å²) in [5.41, 5.74) is 1.02. The fraction of sp³-hybridized carbons (Fsp3) is 0.571. The zero-order valence-electron chi connectivity index (χ0n) is 10.6. The molecule has 18 heavy (non-hydrogen) atoms. The molecule has 1 aliphatic rings. The van der Waals surface area contributed by atoms with Crippen molar-refractivity contribution in [3.8, 4) is 11.8 Å². The highest BCUT2D eigenvalue weighted by molar-refractivity contribution is 7.10. The minimum Gasteiger partial charge on any atom is -0.393 e. The molecule has 1 aromatic rings. The second kappa shape index (κ2) is 6.35. The van der Waals surface area contributed by atoms with Crippen LogP contribution in [-0.4, -0.2) is 40.9 Å². The smallest absolute Gasteiger partial charge is 0.104 e. The van der Waals surface area contributed by atoms with Gasteiger partial charge in [0.15, 0.2) is 0 Å². The van der Waals surface area contributed by atoms with E-state index in [4.69, 9.17) is 5.11 Å². The topological polar surface area (TPSA) is 43.7 Å². The van der Waals surface area contributed by atoms with Crippen molar-refractivity contribution in [1.82, 2.24) is 4.90 Å². The quantitative estimate of drug-likeness (QED) is 0.792. The molecule has 2 unspecified atom stereocenters. The number of aliphatic hydroxyl groups excluding tert-OH is 2. The van der Waals surface area contributed by atoms with E-state index in [1.807, 2.05) is 11.4 Å². The molecule has 1 aliphatic heterocycles. The Bertz CT molecular complexity index is 446. The van der Waals surface area contributed by atoms with Gasteiger partial charge in [-0.15, -0.1) is 11.3 Å². The minimum absolute atomic E-state index is 0.0950. The van der Waals surface area contributed by atoms with E-state index in [1.165, 1.54) is 4.88 Å². The molecule has 2 atom stereocenters. The van der Waals surface area contributed by atoms with Crippen molar-refractivity contribution < 1.29 is 10.2 Å². The van der Waals surface area contributed by atoms with Crippen LogP contribution in [0, 0.1) is 17.8 Å². The lowest BCUT2D eigenvalue weighted by Gasteiger charge is -2.34. The maximum absolute atomic E-state index is 9.72. The van der Waals surface area contributed by atoms with Gasteiger partial charge in [0.1, 0.15) is 6.61 Å². The lowest BCUT2D eigenvalue weighted by atomic mass is 9.97. The molecule has 0 saturated carbocycles. The number of nitrogens with zero attached hydrogens (tertiary/aromatic N) is 1. The minimum atomic E-state index is -0.154. The number of aliphatic hydroxyl groups is 2. The van der Waals surface area contributed by atoms with Gasteiger partial charge in [-0.05, 0) is 23.8 Å². The highest BCUT2D eigenvalue weighted by atomic mass is 32.1. The summed E-state index contributed by atoms with van der Waals surface area (Å²) in [6.07, 6.45) is 0.697. The lowest BCUT2D eigenvalue weighted by Crippen LogP contribution is -2.41. The normalized spacial score (nSPS) is 24.6. The van der Waals surface area contributed by atoms with Gasteiger partial charge in [0.25, 0.3) is 0 Å². The summed E-state index contributed by atoms with van der Waals surface area (Å²) < 4.78 is 0. The summed E-state index contributed by atoms with van der Waals surface area (Å²) in [7, 11) is 0. The predicted octanol–water partition coefficient (Wildman–Crippen LogP) is 1.29. The van der Waals surface area contributed by atoms with E-state index in [0.29, 0.717) is 5.92 Å². The molecule has 2 heterocycles. The van der Waals surface area contributed by atoms with Crippen LogP contribution in [0.5, 0.6) is 0 Å². The van der Waals surface area contributed by atoms with E-state index in [1.54, 1.807) is 11.3 Å². The van der Waals surface area contributed by atoms with Crippen LogP contribution in [0.1, 0.15) is 23.8 Å². The van der Waals surface area contributed by atoms with E-state index >= 15 is 0 Å². The summed E-state index contributed by atoms with van der Waals surface area (Å²) in [6, 6.07) is 2.00. The van der Waals surface area contributed by atoms with Crippen LogP contribution in [-0.2, 0) is 6.54 Å². The number of thiophene rings is 1. The van der Waals surface area contributed by atoms with Gasteiger partial charge in [-0.1, -0.05) is 18.8 Å². The first-order valence-corrected chi connectivity index (χ1v) is 7.15. The van der Waals surface area contributed by atoms with E-state index in [2.05, 4.69) is 23.7 Å². The third-order valence-electron chi connectivity index (χ3n) is 3.36. The molecular weight excluding hydrogens is 246 g/mol. The Balaban J connectivity index is 1.99. The van der Waals surface area contributed by atoms with Crippen LogP contribution in [0.4, 0.5) is 0 Å². The molecule has 0 aromatic carbocycles. The summed E-state index contributed by atoms with van der Waals surface area (Å²) in [6.45, 7) is 4.77. The largest absolute Gasteiger partial charge is 0.393 e. The Hall–Kier alpha value is -0.860. The maximum atomic E-state index is 9.72. The molecule has 1 fully saturated rings. The molecule has 0 aliphatic carbocycles. The van der Waals surface area contributed by atoms with Crippen LogP contribution in [0.2, 0.25) is 0 Å². The SMILES string of the molecule is CC1CN(Cc2sccc2C#CCO)CCC1O. The molecule has 98 valence electrons. The van der Waals surface area contributed by atoms with Crippen LogP contribution in [0.25, 0.3) is 0 Å². The Morgan fingerprint density at radius 2 is 2.39 bits per heavy atom. The molecule has 0 amide bonds. The molecule has 4 heteroatoms. The van der Waals surface area contributed by atoms with E-state index in [-0.39, 0.29) is 12.7 Å². The van der Waals surface area contributed by atoms with Crippen molar-refractivity contribution in [1.29, 1.82) is 0 Å². The molecule has 0 spiro atoms. The zero-order chi connectivity index (χ0) is 13.0. The summed E-state index contributed by atoms with van der Waals surface area (Å²) in [5, 5.41) is 20.5. The molecule has 0 bridgehead atoms. The summed E-state index contributed by atoms with van der Waals surface area (Å²) in [4.78, 5) is 3.62. The average molecular weight is 265 g/mol. The molecule has 2 rings (SSSR count). The van der Waals surface area contributed by atoms with Gasteiger partial charge < -0.3 is 10.2 Å². The Labute approximate surface area is 112 Å². The molecule has 1 saturated heterocycles. The predicted molar refractivity (Wildman–Crippen MR) is 73.3 cm³/mol. The van der Waals surface area contributed by atoms with Crippen molar-refractivity contribution in [2.45, 2.75) is 26.0 Å². The van der Waals surface area contributed by atoms with Gasteiger partial charge in [-0.25, -0.2) is 0 Å².